The average Bonchev–Trinajstić information content (AvgIpc) is 2.17. The summed E-state index contributed by atoms with van der Waals surface area (Å²) in [6.07, 6.45) is -3.34. The summed E-state index contributed by atoms with van der Waals surface area (Å²) in [5.41, 5.74) is 0.530. The van der Waals surface area contributed by atoms with Crippen LogP contribution in [-0.2, 0) is 9.53 Å². The number of aliphatic hydroxyl groups excluding tert-OH is 2. The number of esters is 1. The Morgan fingerprint density at radius 1 is 1.64 bits per heavy atom. The molecule has 3 atom stereocenters. The van der Waals surface area contributed by atoms with Crippen LogP contribution in [0.1, 0.15) is 6.92 Å². The van der Waals surface area contributed by atoms with Gasteiger partial charge in [-0.3, -0.25) is 0 Å². The van der Waals surface area contributed by atoms with Gasteiger partial charge in [0.25, 0.3) is 0 Å². The molecule has 0 saturated carbocycles. The first-order valence-corrected chi connectivity index (χ1v) is 3.26. The van der Waals surface area contributed by atoms with Gasteiger partial charge >= 0.3 is 5.97 Å². The van der Waals surface area contributed by atoms with Gasteiger partial charge in [0.05, 0.1) is 0 Å². The third-order valence-corrected chi connectivity index (χ3v) is 1.60. The molecule has 11 heavy (non-hydrogen) atoms. The van der Waals surface area contributed by atoms with Crippen molar-refractivity contribution in [3.8, 4) is 0 Å². The molecule has 1 aliphatic heterocycles. The Hall–Kier alpha value is -0.870. The summed E-state index contributed by atoms with van der Waals surface area (Å²) in [7, 11) is 0. The van der Waals surface area contributed by atoms with Crippen molar-refractivity contribution in [1.29, 1.82) is 0 Å². The van der Waals surface area contributed by atoms with Crippen molar-refractivity contribution >= 4 is 5.97 Å². The van der Waals surface area contributed by atoms with E-state index in [2.05, 4.69) is 11.3 Å². The molecule has 0 aromatic carbocycles. The Balaban J connectivity index is 2.74. The summed E-state index contributed by atoms with van der Waals surface area (Å²) in [4.78, 5) is 10.6. The standard InChI is InChI=1S/C7H10O4/c1-3(2)6-4(8)5(9)7(10)11-6/h4-6,8-9H,1H2,2H3. The molecule has 1 saturated heterocycles. The van der Waals surface area contributed by atoms with Gasteiger partial charge in [-0.05, 0) is 12.5 Å². The predicted molar refractivity (Wildman–Crippen MR) is 36.7 cm³/mol. The van der Waals surface area contributed by atoms with Gasteiger partial charge in [-0.2, -0.15) is 0 Å². The van der Waals surface area contributed by atoms with E-state index in [1.165, 1.54) is 0 Å². The molecular formula is C7H10O4. The first-order valence-electron chi connectivity index (χ1n) is 3.26. The minimum atomic E-state index is -1.42. The summed E-state index contributed by atoms with van der Waals surface area (Å²) >= 11 is 0. The molecule has 4 nitrogen and oxygen atoms in total. The summed E-state index contributed by atoms with van der Waals surface area (Å²) in [5.74, 6) is -0.787. The maximum Gasteiger partial charge on any atom is 0.338 e. The number of aliphatic hydroxyl groups is 2. The molecule has 1 fully saturated rings. The maximum absolute atomic E-state index is 10.6. The topological polar surface area (TPSA) is 66.8 Å². The highest BCUT2D eigenvalue weighted by molar-refractivity contribution is 5.78. The molecule has 0 aliphatic carbocycles. The fraction of sp³-hybridized carbons (Fsp3) is 0.571. The average molecular weight is 158 g/mol. The number of cyclic esters (lactones) is 1. The summed E-state index contributed by atoms with van der Waals surface area (Å²) in [6, 6.07) is 0. The molecule has 1 heterocycles. The van der Waals surface area contributed by atoms with Gasteiger partial charge in [-0.1, -0.05) is 6.58 Å². The van der Waals surface area contributed by atoms with Crippen molar-refractivity contribution in [2.24, 2.45) is 0 Å². The van der Waals surface area contributed by atoms with Gasteiger partial charge in [0.15, 0.2) is 12.2 Å². The fourth-order valence-electron chi connectivity index (χ4n) is 0.962. The van der Waals surface area contributed by atoms with Crippen molar-refractivity contribution in [1.82, 2.24) is 0 Å². The van der Waals surface area contributed by atoms with E-state index in [1.54, 1.807) is 6.92 Å². The quantitative estimate of drug-likeness (QED) is 0.387. The van der Waals surface area contributed by atoms with E-state index in [0.29, 0.717) is 5.57 Å². The Bertz CT molecular complexity index is 199. The normalized spacial score (nSPS) is 37.0. The number of hydrogen-bond donors (Lipinski definition) is 2. The second-order valence-electron chi connectivity index (χ2n) is 2.64. The molecule has 0 bridgehead atoms. The Morgan fingerprint density at radius 2 is 2.18 bits per heavy atom. The van der Waals surface area contributed by atoms with E-state index >= 15 is 0 Å². The Labute approximate surface area is 64.1 Å². The lowest BCUT2D eigenvalue weighted by molar-refractivity contribution is -0.146. The van der Waals surface area contributed by atoms with Gasteiger partial charge in [0.1, 0.15) is 6.10 Å². The first-order chi connectivity index (χ1) is 5.04. The molecule has 62 valence electrons. The van der Waals surface area contributed by atoms with Gasteiger partial charge in [0.2, 0.25) is 0 Å². The smallest absolute Gasteiger partial charge is 0.338 e. The summed E-state index contributed by atoms with van der Waals surface area (Å²) in [6.45, 7) is 5.13. The first kappa shape index (κ1) is 8.23. The SMILES string of the molecule is C=C(C)C1OC(=O)C(O)C1O. The zero-order valence-corrected chi connectivity index (χ0v) is 6.15. The van der Waals surface area contributed by atoms with Gasteiger partial charge < -0.3 is 14.9 Å². The highest BCUT2D eigenvalue weighted by Crippen LogP contribution is 2.20. The van der Waals surface area contributed by atoms with Crippen molar-refractivity contribution in [3.05, 3.63) is 12.2 Å². The predicted octanol–water partition coefficient (Wildman–Crippen LogP) is -0.790. The lowest BCUT2D eigenvalue weighted by atomic mass is 10.1. The fourth-order valence-corrected chi connectivity index (χ4v) is 0.962. The van der Waals surface area contributed by atoms with Crippen LogP contribution >= 0.6 is 0 Å². The Kier molecular flexibility index (Phi) is 1.97. The summed E-state index contributed by atoms with van der Waals surface area (Å²) in [5, 5.41) is 18.1. The monoisotopic (exact) mass is 158 g/mol. The lowest BCUT2D eigenvalue weighted by Crippen LogP contribution is -2.31. The van der Waals surface area contributed by atoms with Crippen LogP contribution < -0.4 is 0 Å². The minimum Gasteiger partial charge on any atom is -0.453 e. The molecule has 0 radical (unpaired) electrons. The zero-order chi connectivity index (χ0) is 8.59. The molecule has 2 N–H and O–H groups in total. The third-order valence-electron chi connectivity index (χ3n) is 1.60. The van der Waals surface area contributed by atoms with E-state index in [1.807, 2.05) is 0 Å². The van der Waals surface area contributed by atoms with Gasteiger partial charge in [0, 0.05) is 0 Å². The Morgan fingerprint density at radius 3 is 2.36 bits per heavy atom. The van der Waals surface area contributed by atoms with Crippen molar-refractivity contribution in [2.75, 3.05) is 0 Å². The van der Waals surface area contributed by atoms with Crippen LogP contribution in [0.4, 0.5) is 0 Å². The largest absolute Gasteiger partial charge is 0.453 e. The van der Waals surface area contributed by atoms with Crippen LogP contribution in [0.2, 0.25) is 0 Å². The molecule has 0 aromatic heterocycles. The van der Waals surface area contributed by atoms with E-state index in [4.69, 9.17) is 10.2 Å². The molecule has 1 aliphatic rings. The van der Waals surface area contributed by atoms with Crippen molar-refractivity contribution in [2.45, 2.75) is 25.2 Å². The number of ether oxygens (including phenoxy) is 1. The molecule has 4 heteroatoms. The molecular weight excluding hydrogens is 148 g/mol. The van der Waals surface area contributed by atoms with Crippen LogP contribution in [0.3, 0.4) is 0 Å². The van der Waals surface area contributed by atoms with E-state index in [9.17, 15) is 4.79 Å². The van der Waals surface area contributed by atoms with E-state index in [0.717, 1.165) is 0 Å². The highest BCUT2D eigenvalue weighted by Gasteiger charge is 2.42. The van der Waals surface area contributed by atoms with Crippen LogP contribution in [0, 0.1) is 0 Å². The lowest BCUT2D eigenvalue weighted by Gasteiger charge is -2.11. The van der Waals surface area contributed by atoms with Crippen molar-refractivity contribution < 1.29 is 19.7 Å². The number of carbonyl (C=O) groups is 1. The van der Waals surface area contributed by atoms with Crippen LogP contribution in [0.5, 0.6) is 0 Å². The van der Waals surface area contributed by atoms with E-state index < -0.39 is 24.3 Å². The number of hydrogen-bond acceptors (Lipinski definition) is 4. The summed E-state index contributed by atoms with van der Waals surface area (Å²) < 4.78 is 4.61. The highest BCUT2D eigenvalue weighted by atomic mass is 16.6. The van der Waals surface area contributed by atoms with Crippen LogP contribution in [0.25, 0.3) is 0 Å². The number of rotatable bonds is 1. The molecule has 1 rings (SSSR count). The second-order valence-corrected chi connectivity index (χ2v) is 2.64. The minimum absolute atomic E-state index is 0.530. The maximum atomic E-state index is 10.6. The molecule has 0 aromatic rings. The molecule has 0 amide bonds. The second kappa shape index (κ2) is 2.64. The molecule has 0 spiro atoms. The van der Waals surface area contributed by atoms with Crippen LogP contribution in [-0.4, -0.2) is 34.5 Å². The zero-order valence-electron chi connectivity index (χ0n) is 6.15. The van der Waals surface area contributed by atoms with Gasteiger partial charge in [-0.25, -0.2) is 4.79 Å². The number of carbonyl (C=O) groups excluding carboxylic acids is 1. The van der Waals surface area contributed by atoms with Gasteiger partial charge in [-0.15, -0.1) is 0 Å². The van der Waals surface area contributed by atoms with Crippen molar-refractivity contribution in [3.63, 3.8) is 0 Å². The van der Waals surface area contributed by atoms with E-state index in [-0.39, 0.29) is 0 Å². The van der Waals surface area contributed by atoms with Crippen LogP contribution in [0.15, 0.2) is 12.2 Å². The third kappa shape index (κ3) is 1.27. The molecule has 3 unspecified atom stereocenters.